The highest BCUT2D eigenvalue weighted by atomic mass is 16.3. The second kappa shape index (κ2) is 7.69. The molecule has 3 N–H and O–H groups in total. The third-order valence-corrected chi connectivity index (χ3v) is 2.99. The zero-order chi connectivity index (χ0) is 11.7. The third kappa shape index (κ3) is 5.78. The van der Waals surface area contributed by atoms with Crippen LogP contribution < -0.4 is 5.73 Å². The molecule has 0 aromatic rings. The molecule has 0 aromatic carbocycles. The predicted molar refractivity (Wildman–Crippen MR) is 62.4 cm³/mol. The number of amides is 1. The Morgan fingerprint density at radius 3 is 2.13 bits per heavy atom. The van der Waals surface area contributed by atoms with E-state index in [-0.39, 0.29) is 0 Å². The van der Waals surface area contributed by atoms with Gasteiger partial charge >= 0.3 is 0 Å². The number of aliphatic hydroxyl groups is 1. The first-order valence-corrected chi connectivity index (χ1v) is 6.09. The second-order valence-electron chi connectivity index (χ2n) is 4.27. The van der Waals surface area contributed by atoms with Crippen LogP contribution in [0.25, 0.3) is 0 Å². The topological polar surface area (TPSA) is 63.3 Å². The SMILES string of the molecule is CCCCCCCCC(O)(CC)C(N)=O. The summed E-state index contributed by atoms with van der Waals surface area (Å²) in [7, 11) is 0. The number of unbranched alkanes of at least 4 members (excludes halogenated alkanes) is 5. The molecule has 3 heteroatoms. The number of carbonyl (C=O) groups excluding carboxylic acids is 1. The van der Waals surface area contributed by atoms with Crippen molar-refractivity contribution >= 4 is 5.91 Å². The molecule has 0 bridgehead atoms. The summed E-state index contributed by atoms with van der Waals surface area (Å²) >= 11 is 0. The average molecular weight is 215 g/mol. The number of primary amides is 1. The van der Waals surface area contributed by atoms with E-state index in [0.29, 0.717) is 12.8 Å². The molecule has 0 aromatic heterocycles. The van der Waals surface area contributed by atoms with Crippen LogP contribution in [0.2, 0.25) is 0 Å². The molecule has 0 aliphatic heterocycles. The Bertz CT molecular complexity index is 182. The average Bonchev–Trinajstić information content (AvgIpc) is 2.22. The standard InChI is InChI=1S/C12H25NO2/c1-3-5-6-7-8-9-10-12(15,4-2)11(13)14/h15H,3-10H2,1-2H3,(H2,13,14). The lowest BCUT2D eigenvalue weighted by Crippen LogP contribution is -2.43. The van der Waals surface area contributed by atoms with E-state index in [4.69, 9.17) is 5.73 Å². The summed E-state index contributed by atoms with van der Waals surface area (Å²) in [5.41, 5.74) is 3.88. The van der Waals surface area contributed by atoms with Crippen molar-refractivity contribution in [3.05, 3.63) is 0 Å². The molecular formula is C12H25NO2. The lowest BCUT2D eigenvalue weighted by Gasteiger charge is -2.22. The van der Waals surface area contributed by atoms with E-state index in [1.807, 2.05) is 0 Å². The first kappa shape index (κ1) is 14.4. The normalized spacial score (nSPS) is 14.9. The minimum atomic E-state index is -1.27. The number of hydrogen-bond acceptors (Lipinski definition) is 2. The van der Waals surface area contributed by atoms with Crippen molar-refractivity contribution in [3.63, 3.8) is 0 Å². The first-order valence-electron chi connectivity index (χ1n) is 6.09. The molecule has 90 valence electrons. The lowest BCUT2D eigenvalue weighted by atomic mass is 9.92. The maximum absolute atomic E-state index is 11.0. The highest BCUT2D eigenvalue weighted by Crippen LogP contribution is 2.19. The number of nitrogens with two attached hydrogens (primary N) is 1. The third-order valence-electron chi connectivity index (χ3n) is 2.99. The van der Waals surface area contributed by atoms with E-state index in [9.17, 15) is 9.90 Å². The smallest absolute Gasteiger partial charge is 0.249 e. The molecule has 0 fully saturated rings. The van der Waals surface area contributed by atoms with Crippen LogP contribution in [0.5, 0.6) is 0 Å². The summed E-state index contributed by atoms with van der Waals surface area (Å²) < 4.78 is 0. The van der Waals surface area contributed by atoms with Crippen LogP contribution in [-0.4, -0.2) is 16.6 Å². The van der Waals surface area contributed by atoms with E-state index >= 15 is 0 Å². The van der Waals surface area contributed by atoms with Crippen LogP contribution in [0, 0.1) is 0 Å². The molecule has 0 saturated carbocycles. The Balaban J connectivity index is 3.60. The fraction of sp³-hybridized carbons (Fsp3) is 0.917. The quantitative estimate of drug-likeness (QED) is 0.580. The Morgan fingerprint density at radius 1 is 1.13 bits per heavy atom. The fourth-order valence-electron chi connectivity index (χ4n) is 1.67. The van der Waals surface area contributed by atoms with Gasteiger partial charge in [-0.1, -0.05) is 52.4 Å². The molecule has 1 atom stereocenters. The van der Waals surface area contributed by atoms with Gasteiger partial charge in [0.15, 0.2) is 0 Å². The van der Waals surface area contributed by atoms with Gasteiger partial charge in [0.2, 0.25) is 5.91 Å². The highest BCUT2D eigenvalue weighted by molar-refractivity contribution is 5.82. The summed E-state index contributed by atoms with van der Waals surface area (Å²) in [6.07, 6.45) is 7.83. The van der Waals surface area contributed by atoms with Crippen molar-refractivity contribution in [2.45, 2.75) is 70.8 Å². The van der Waals surface area contributed by atoms with Gasteiger partial charge in [-0.2, -0.15) is 0 Å². The van der Waals surface area contributed by atoms with Gasteiger partial charge in [-0.15, -0.1) is 0 Å². The number of hydrogen-bond donors (Lipinski definition) is 2. The van der Waals surface area contributed by atoms with Crippen LogP contribution in [0.1, 0.15) is 65.2 Å². The molecule has 0 heterocycles. The van der Waals surface area contributed by atoms with Crippen molar-refractivity contribution in [1.29, 1.82) is 0 Å². The van der Waals surface area contributed by atoms with Crippen LogP contribution in [-0.2, 0) is 4.79 Å². The molecular weight excluding hydrogens is 190 g/mol. The van der Waals surface area contributed by atoms with Crippen LogP contribution in [0.4, 0.5) is 0 Å². The first-order chi connectivity index (χ1) is 7.06. The summed E-state index contributed by atoms with van der Waals surface area (Å²) in [5.74, 6) is -0.585. The summed E-state index contributed by atoms with van der Waals surface area (Å²) in [4.78, 5) is 11.0. The van der Waals surface area contributed by atoms with E-state index in [0.717, 1.165) is 12.8 Å². The Kier molecular flexibility index (Phi) is 7.39. The molecule has 1 amide bonds. The fourth-order valence-corrected chi connectivity index (χ4v) is 1.67. The maximum Gasteiger partial charge on any atom is 0.249 e. The van der Waals surface area contributed by atoms with Gasteiger partial charge in [-0.3, -0.25) is 4.79 Å². The number of carbonyl (C=O) groups is 1. The Labute approximate surface area is 93.0 Å². The molecule has 0 rings (SSSR count). The molecule has 0 saturated heterocycles. The monoisotopic (exact) mass is 215 g/mol. The van der Waals surface area contributed by atoms with E-state index in [2.05, 4.69) is 6.92 Å². The van der Waals surface area contributed by atoms with Crippen molar-refractivity contribution < 1.29 is 9.90 Å². The molecule has 0 aliphatic carbocycles. The molecule has 1 unspecified atom stereocenters. The molecule has 3 nitrogen and oxygen atoms in total. The van der Waals surface area contributed by atoms with Crippen molar-refractivity contribution in [2.24, 2.45) is 5.73 Å². The van der Waals surface area contributed by atoms with Gasteiger partial charge in [-0.25, -0.2) is 0 Å². The molecule has 0 spiro atoms. The molecule has 0 aliphatic rings. The van der Waals surface area contributed by atoms with E-state index in [1.54, 1.807) is 6.92 Å². The van der Waals surface area contributed by atoms with Gasteiger partial charge in [-0.05, 0) is 12.8 Å². The zero-order valence-electron chi connectivity index (χ0n) is 10.1. The Morgan fingerprint density at radius 2 is 1.67 bits per heavy atom. The van der Waals surface area contributed by atoms with Gasteiger partial charge in [0.05, 0.1) is 0 Å². The lowest BCUT2D eigenvalue weighted by molar-refractivity contribution is -0.137. The maximum atomic E-state index is 11.0. The van der Waals surface area contributed by atoms with Crippen LogP contribution in [0.15, 0.2) is 0 Å². The molecule has 0 radical (unpaired) electrons. The number of rotatable bonds is 9. The van der Waals surface area contributed by atoms with Gasteiger partial charge in [0, 0.05) is 0 Å². The molecule has 15 heavy (non-hydrogen) atoms. The van der Waals surface area contributed by atoms with Gasteiger partial charge < -0.3 is 10.8 Å². The Hall–Kier alpha value is -0.570. The predicted octanol–water partition coefficient (Wildman–Crippen LogP) is 2.36. The summed E-state index contributed by atoms with van der Waals surface area (Å²) in [6, 6.07) is 0. The van der Waals surface area contributed by atoms with E-state index < -0.39 is 11.5 Å². The van der Waals surface area contributed by atoms with Crippen molar-refractivity contribution in [2.75, 3.05) is 0 Å². The largest absolute Gasteiger partial charge is 0.380 e. The minimum absolute atomic E-state index is 0.414. The highest BCUT2D eigenvalue weighted by Gasteiger charge is 2.30. The van der Waals surface area contributed by atoms with Crippen molar-refractivity contribution in [1.82, 2.24) is 0 Å². The minimum Gasteiger partial charge on any atom is -0.380 e. The zero-order valence-corrected chi connectivity index (χ0v) is 10.1. The van der Waals surface area contributed by atoms with E-state index in [1.165, 1.54) is 25.7 Å². The van der Waals surface area contributed by atoms with Gasteiger partial charge in [0.25, 0.3) is 0 Å². The van der Waals surface area contributed by atoms with Gasteiger partial charge in [0.1, 0.15) is 5.60 Å². The van der Waals surface area contributed by atoms with Crippen LogP contribution >= 0.6 is 0 Å². The van der Waals surface area contributed by atoms with Crippen LogP contribution in [0.3, 0.4) is 0 Å². The summed E-state index contributed by atoms with van der Waals surface area (Å²) in [5, 5.41) is 9.83. The summed E-state index contributed by atoms with van der Waals surface area (Å²) in [6.45, 7) is 3.98. The van der Waals surface area contributed by atoms with Crippen molar-refractivity contribution in [3.8, 4) is 0 Å². The second-order valence-corrected chi connectivity index (χ2v) is 4.27.